The van der Waals surface area contributed by atoms with Crippen LogP contribution in [0.3, 0.4) is 0 Å². The van der Waals surface area contributed by atoms with Crippen LogP contribution in [0.4, 0.5) is 0 Å². The van der Waals surface area contributed by atoms with E-state index in [9.17, 15) is 0 Å². The fourth-order valence-electron chi connectivity index (χ4n) is 6.08. The van der Waals surface area contributed by atoms with Crippen molar-refractivity contribution in [3.63, 3.8) is 0 Å². The molecule has 0 amide bonds. The van der Waals surface area contributed by atoms with Crippen molar-refractivity contribution in [1.29, 1.82) is 0 Å². The number of fused-ring (bicyclic) bond motifs is 5. The lowest BCUT2D eigenvalue weighted by Gasteiger charge is -2.15. The van der Waals surface area contributed by atoms with Gasteiger partial charge >= 0.3 is 0 Å². The van der Waals surface area contributed by atoms with Crippen molar-refractivity contribution in [2.45, 2.75) is 33.6 Å². The van der Waals surface area contributed by atoms with E-state index in [2.05, 4.69) is 123 Å². The zero-order valence-electron chi connectivity index (χ0n) is 21.0. The molecule has 0 atom stereocenters. The van der Waals surface area contributed by atoms with E-state index in [1.807, 2.05) is 0 Å². The van der Waals surface area contributed by atoms with Gasteiger partial charge in [0.2, 0.25) is 5.52 Å². The van der Waals surface area contributed by atoms with Gasteiger partial charge in [0.15, 0.2) is 6.20 Å². The van der Waals surface area contributed by atoms with Gasteiger partial charge in [0.1, 0.15) is 7.05 Å². The van der Waals surface area contributed by atoms with Gasteiger partial charge in [-0.3, -0.25) is 0 Å². The van der Waals surface area contributed by atoms with E-state index in [4.69, 9.17) is 0 Å². The third kappa shape index (κ3) is 2.68. The predicted octanol–water partition coefficient (Wildman–Crippen LogP) is 8.22. The van der Waals surface area contributed by atoms with Crippen molar-refractivity contribution >= 4 is 49.0 Å². The Hall–Kier alpha value is -3.91. The highest BCUT2D eigenvalue weighted by molar-refractivity contribution is 6.26. The van der Waals surface area contributed by atoms with Crippen molar-refractivity contribution < 1.29 is 4.57 Å². The molecule has 170 valence electrons. The lowest BCUT2D eigenvalue weighted by molar-refractivity contribution is -0.643. The van der Waals surface area contributed by atoms with Crippen molar-refractivity contribution in [2.24, 2.45) is 7.05 Å². The lowest BCUT2D eigenvalue weighted by atomic mass is 9.94. The fraction of sp³-hybridized carbons (Fsp3) is 0.182. The minimum absolute atomic E-state index is 0.484. The molecule has 35 heavy (non-hydrogen) atoms. The summed E-state index contributed by atoms with van der Waals surface area (Å²) in [6.07, 6.45) is 2.22. The molecule has 2 heteroatoms. The van der Waals surface area contributed by atoms with Gasteiger partial charge in [-0.25, -0.2) is 4.57 Å². The Bertz CT molecular complexity index is 1940. The van der Waals surface area contributed by atoms with Gasteiger partial charge in [-0.05, 0) is 77.2 Å². The van der Waals surface area contributed by atoms with Crippen molar-refractivity contribution in [2.75, 3.05) is 0 Å². The molecule has 7 rings (SSSR count). The van der Waals surface area contributed by atoms with Crippen molar-refractivity contribution in [3.05, 3.63) is 95.7 Å². The van der Waals surface area contributed by atoms with Crippen LogP contribution >= 0.6 is 0 Å². The second-order valence-electron chi connectivity index (χ2n) is 10.5. The number of aromatic nitrogens is 2. The molecule has 0 bridgehead atoms. The molecule has 0 radical (unpaired) electrons. The first-order chi connectivity index (χ1) is 16.9. The van der Waals surface area contributed by atoms with E-state index >= 15 is 0 Å². The Kier molecular flexibility index (Phi) is 4.12. The van der Waals surface area contributed by atoms with Gasteiger partial charge in [0.05, 0.1) is 27.3 Å². The summed E-state index contributed by atoms with van der Waals surface area (Å²) in [5, 5.41) is 6.68. The van der Waals surface area contributed by atoms with Crippen LogP contribution in [0.2, 0.25) is 0 Å². The zero-order chi connectivity index (χ0) is 24.0. The molecule has 0 saturated carbocycles. The number of aryl methyl sites for hydroxylation is 3. The molecule has 3 heterocycles. The molecule has 7 aromatic rings. The molecule has 3 aromatic heterocycles. The third-order valence-electron chi connectivity index (χ3n) is 8.06. The molecule has 4 aromatic carbocycles. The van der Waals surface area contributed by atoms with Crippen LogP contribution in [0, 0.1) is 13.8 Å². The number of nitrogens with zero attached hydrogens (tertiary/aromatic N) is 2. The highest BCUT2D eigenvalue weighted by Gasteiger charge is 2.25. The Morgan fingerprint density at radius 1 is 0.743 bits per heavy atom. The average Bonchev–Trinajstić information content (AvgIpc) is 3.19. The highest BCUT2D eigenvalue weighted by atomic mass is 15.0. The number of pyridine rings is 2. The molecule has 0 unspecified atom stereocenters. The topological polar surface area (TPSA) is 8.29 Å². The maximum atomic E-state index is 2.56. The van der Waals surface area contributed by atoms with E-state index in [0.29, 0.717) is 5.92 Å². The highest BCUT2D eigenvalue weighted by Crippen LogP contribution is 2.43. The molecule has 0 N–H and O–H groups in total. The smallest absolute Gasteiger partial charge is 0.224 e. The van der Waals surface area contributed by atoms with E-state index in [1.54, 1.807) is 0 Å². The number of hydrogen-bond acceptors (Lipinski definition) is 0. The lowest BCUT2D eigenvalue weighted by Crippen LogP contribution is -2.29. The standard InChI is InChI=1S/C33H29N2/c1-19(2)23-11-12-26-27-15-20(3)21(4)30-32(27)35(28(26)17-23)29-18-25(22-9-7-6-8-10-22)16-24-13-14-34(5)33(30)31(24)29/h6-19H,1-5H3/q+1. The first-order valence-electron chi connectivity index (χ1n) is 12.5. The third-order valence-corrected chi connectivity index (χ3v) is 8.06. The number of rotatable bonds is 2. The molecular weight excluding hydrogens is 424 g/mol. The van der Waals surface area contributed by atoms with Gasteiger partial charge in [-0.15, -0.1) is 0 Å². The van der Waals surface area contributed by atoms with Crippen LogP contribution in [-0.4, -0.2) is 4.40 Å². The summed E-state index contributed by atoms with van der Waals surface area (Å²) in [5.74, 6) is 0.484. The maximum absolute atomic E-state index is 2.56. The van der Waals surface area contributed by atoms with Crippen molar-refractivity contribution in [1.82, 2.24) is 4.40 Å². The number of hydrogen-bond donors (Lipinski definition) is 0. The quantitative estimate of drug-likeness (QED) is 0.142. The van der Waals surface area contributed by atoms with E-state index < -0.39 is 0 Å². The summed E-state index contributed by atoms with van der Waals surface area (Å²) >= 11 is 0. The van der Waals surface area contributed by atoms with Crippen LogP contribution in [-0.2, 0) is 7.05 Å². The van der Waals surface area contributed by atoms with Crippen LogP contribution in [0.15, 0.2) is 79.0 Å². The molecule has 0 spiro atoms. The Morgan fingerprint density at radius 2 is 1.54 bits per heavy atom. The Labute approximate surface area is 205 Å². The normalized spacial score (nSPS) is 12.4. The van der Waals surface area contributed by atoms with Crippen LogP contribution in [0.25, 0.3) is 60.1 Å². The van der Waals surface area contributed by atoms with Gasteiger partial charge < -0.3 is 4.40 Å². The molecular formula is C33H29N2+. The molecule has 0 aliphatic carbocycles. The number of benzene rings is 4. The predicted molar refractivity (Wildman–Crippen MR) is 149 cm³/mol. The largest absolute Gasteiger partial charge is 0.307 e. The SMILES string of the molecule is Cc1cc2c3ccc(C(C)C)cc3n3c4cc(-c5ccccc5)cc5cc[n+](C)c(c(c1C)c23)c54. The molecule has 0 fully saturated rings. The van der Waals surface area contributed by atoms with Crippen LogP contribution in [0.5, 0.6) is 0 Å². The summed E-state index contributed by atoms with van der Waals surface area (Å²) in [6.45, 7) is 9.10. The average molecular weight is 454 g/mol. The summed E-state index contributed by atoms with van der Waals surface area (Å²) < 4.78 is 4.87. The van der Waals surface area contributed by atoms with E-state index in [0.717, 1.165) is 0 Å². The second-order valence-corrected chi connectivity index (χ2v) is 10.5. The summed E-state index contributed by atoms with van der Waals surface area (Å²) in [5.41, 5.74) is 11.9. The summed E-state index contributed by atoms with van der Waals surface area (Å²) in [7, 11) is 2.19. The summed E-state index contributed by atoms with van der Waals surface area (Å²) in [6, 6.07) is 27.3. The Morgan fingerprint density at radius 3 is 2.31 bits per heavy atom. The fourth-order valence-corrected chi connectivity index (χ4v) is 6.08. The monoisotopic (exact) mass is 453 g/mol. The molecule has 0 aliphatic heterocycles. The van der Waals surface area contributed by atoms with Gasteiger partial charge in [0, 0.05) is 16.8 Å². The summed E-state index contributed by atoms with van der Waals surface area (Å²) in [4.78, 5) is 0. The maximum Gasteiger partial charge on any atom is 0.224 e. The second kappa shape index (κ2) is 7.05. The van der Waals surface area contributed by atoms with Gasteiger partial charge in [-0.1, -0.05) is 56.3 Å². The zero-order valence-corrected chi connectivity index (χ0v) is 21.0. The first kappa shape index (κ1) is 20.5. The molecule has 0 aliphatic rings. The first-order valence-corrected chi connectivity index (χ1v) is 12.5. The molecule has 0 saturated heterocycles. The van der Waals surface area contributed by atoms with Crippen LogP contribution in [0.1, 0.15) is 36.5 Å². The van der Waals surface area contributed by atoms with Gasteiger partial charge in [0.25, 0.3) is 0 Å². The van der Waals surface area contributed by atoms with Crippen LogP contribution < -0.4 is 4.57 Å². The van der Waals surface area contributed by atoms with Gasteiger partial charge in [-0.2, -0.15) is 0 Å². The van der Waals surface area contributed by atoms with Crippen molar-refractivity contribution in [3.8, 4) is 11.1 Å². The Balaban J connectivity index is 1.83. The van der Waals surface area contributed by atoms with E-state index in [1.165, 1.54) is 76.8 Å². The molecule has 2 nitrogen and oxygen atoms in total. The minimum atomic E-state index is 0.484. The minimum Gasteiger partial charge on any atom is -0.307 e. The van der Waals surface area contributed by atoms with E-state index in [-0.39, 0.29) is 0 Å².